The van der Waals surface area contributed by atoms with Crippen LogP contribution in [0.15, 0.2) is 42.5 Å². The van der Waals surface area contributed by atoms with E-state index in [-0.39, 0.29) is 5.75 Å². The van der Waals surface area contributed by atoms with Gasteiger partial charge in [-0.2, -0.15) is 0 Å². The van der Waals surface area contributed by atoms with Gasteiger partial charge in [0.05, 0.1) is 19.9 Å². The first-order valence-electron chi connectivity index (χ1n) is 13.0. The number of benzene rings is 3. The lowest BCUT2D eigenvalue weighted by atomic mass is 9.82. The van der Waals surface area contributed by atoms with Gasteiger partial charge in [0.25, 0.3) is 0 Å². The summed E-state index contributed by atoms with van der Waals surface area (Å²) in [4.78, 5) is 2.36. The van der Waals surface area contributed by atoms with E-state index in [1.54, 1.807) is 14.2 Å². The number of nitrogens with zero attached hydrogens (tertiary/aromatic N) is 1. The molecule has 0 atom stereocenters. The predicted molar refractivity (Wildman–Crippen MR) is 148 cm³/mol. The van der Waals surface area contributed by atoms with Crippen LogP contribution in [-0.4, -0.2) is 43.9 Å². The van der Waals surface area contributed by atoms with E-state index < -0.39 is 0 Å². The van der Waals surface area contributed by atoms with E-state index in [0.29, 0.717) is 29.6 Å². The minimum Gasteiger partial charge on any atom is -0.507 e. The minimum absolute atomic E-state index is 0.285. The van der Waals surface area contributed by atoms with Crippen molar-refractivity contribution >= 4 is 5.69 Å². The van der Waals surface area contributed by atoms with Crippen molar-refractivity contribution in [1.82, 2.24) is 4.90 Å². The number of phenols is 1. The monoisotopic (exact) mass is 488 g/mol. The van der Waals surface area contributed by atoms with Gasteiger partial charge >= 0.3 is 0 Å². The number of aryl methyl sites for hydroxylation is 1. The molecular formula is C31H40N2O3. The molecule has 0 heterocycles. The Morgan fingerprint density at radius 2 is 1.67 bits per heavy atom. The van der Waals surface area contributed by atoms with E-state index in [9.17, 15) is 5.11 Å². The summed E-state index contributed by atoms with van der Waals surface area (Å²) < 4.78 is 11.3. The summed E-state index contributed by atoms with van der Waals surface area (Å²) in [6, 6.07) is 15.2. The van der Waals surface area contributed by atoms with E-state index >= 15 is 0 Å². The molecule has 0 saturated heterocycles. The molecule has 0 aliphatic heterocycles. The van der Waals surface area contributed by atoms with Gasteiger partial charge < -0.3 is 25.2 Å². The summed E-state index contributed by atoms with van der Waals surface area (Å²) in [6.45, 7) is 5.47. The number of phenolic OH excluding ortho intramolecular Hbond substituents is 1. The number of nitrogens with two attached hydrogens (primary N) is 1. The van der Waals surface area contributed by atoms with E-state index in [4.69, 9.17) is 15.2 Å². The number of hydrogen-bond donors (Lipinski definition) is 2. The average molecular weight is 489 g/mol. The first-order chi connectivity index (χ1) is 17.3. The molecule has 1 aliphatic carbocycles. The topological polar surface area (TPSA) is 68.0 Å². The summed E-state index contributed by atoms with van der Waals surface area (Å²) >= 11 is 0. The zero-order valence-electron chi connectivity index (χ0n) is 22.4. The third-order valence-electron chi connectivity index (χ3n) is 7.64. The highest BCUT2D eigenvalue weighted by Gasteiger charge is 2.24. The molecule has 0 saturated carbocycles. The number of methoxy groups -OCH3 is 2. The third kappa shape index (κ3) is 5.31. The van der Waals surface area contributed by atoms with Crippen molar-refractivity contribution in [3.8, 4) is 28.4 Å². The van der Waals surface area contributed by atoms with Gasteiger partial charge in [-0.15, -0.1) is 0 Å². The number of rotatable bonds is 9. The smallest absolute Gasteiger partial charge is 0.184 e. The summed E-state index contributed by atoms with van der Waals surface area (Å²) in [5.41, 5.74) is 15.1. The lowest BCUT2D eigenvalue weighted by molar-refractivity contribution is 0.277. The fourth-order valence-electron chi connectivity index (χ4n) is 5.18. The number of aromatic hydroxyl groups is 1. The summed E-state index contributed by atoms with van der Waals surface area (Å²) in [5.74, 6) is 1.40. The first kappa shape index (κ1) is 25.9. The van der Waals surface area contributed by atoms with Crippen LogP contribution in [0.4, 0.5) is 5.69 Å². The molecule has 0 radical (unpaired) electrons. The van der Waals surface area contributed by atoms with E-state index in [2.05, 4.69) is 56.1 Å². The lowest BCUT2D eigenvalue weighted by Gasteiger charge is -2.24. The quantitative estimate of drug-likeness (QED) is 0.361. The lowest BCUT2D eigenvalue weighted by Crippen LogP contribution is -2.28. The molecule has 0 amide bonds. The number of fused-ring (bicyclic) bond motifs is 1. The Kier molecular flexibility index (Phi) is 8.10. The van der Waals surface area contributed by atoms with Crippen molar-refractivity contribution in [3.63, 3.8) is 0 Å². The third-order valence-corrected chi connectivity index (χ3v) is 7.64. The van der Waals surface area contributed by atoms with Gasteiger partial charge in [-0.05, 0) is 98.5 Å². The van der Waals surface area contributed by atoms with Crippen LogP contribution >= 0.6 is 0 Å². The molecule has 3 aromatic rings. The van der Waals surface area contributed by atoms with Gasteiger partial charge in [-0.1, -0.05) is 30.3 Å². The number of likely N-dealkylation sites (N-methyl/N-ethyl adjacent to an activating group) is 1. The Morgan fingerprint density at radius 3 is 2.33 bits per heavy atom. The Morgan fingerprint density at radius 1 is 0.972 bits per heavy atom. The first-order valence-corrected chi connectivity index (χ1v) is 13.0. The zero-order valence-corrected chi connectivity index (χ0v) is 22.4. The van der Waals surface area contributed by atoms with Crippen molar-refractivity contribution in [1.29, 1.82) is 0 Å². The van der Waals surface area contributed by atoms with Crippen molar-refractivity contribution in [3.05, 3.63) is 70.3 Å². The molecule has 0 spiro atoms. The highest BCUT2D eigenvalue weighted by molar-refractivity contribution is 5.85. The summed E-state index contributed by atoms with van der Waals surface area (Å²) in [5, 5.41) is 11.1. The molecule has 192 valence electrons. The number of nitrogen functional groups attached to an aromatic ring is 1. The van der Waals surface area contributed by atoms with E-state index in [1.165, 1.54) is 28.7 Å². The minimum atomic E-state index is 0.285. The summed E-state index contributed by atoms with van der Waals surface area (Å²) in [6.07, 6.45) is 5.94. The highest BCUT2D eigenvalue weighted by atomic mass is 16.5. The van der Waals surface area contributed by atoms with Crippen LogP contribution in [0.1, 0.15) is 54.5 Å². The van der Waals surface area contributed by atoms with Gasteiger partial charge in [0.1, 0.15) is 5.75 Å². The molecule has 3 N–H and O–H groups in total. The van der Waals surface area contributed by atoms with Crippen LogP contribution in [0, 0.1) is 0 Å². The maximum absolute atomic E-state index is 11.1. The van der Waals surface area contributed by atoms with Gasteiger partial charge in [0.15, 0.2) is 11.5 Å². The number of ether oxygens (including phenoxy) is 2. The Balaban J connectivity index is 1.75. The highest BCUT2D eigenvalue weighted by Crippen LogP contribution is 2.47. The Hall–Kier alpha value is -3.18. The predicted octanol–water partition coefficient (Wildman–Crippen LogP) is 6.01. The summed E-state index contributed by atoms with van der Waals surface area (Å²) in [7, 11) is 5.40. The van der Waals surface area contributed by atoms with Crippen LogP contribution in [0.3, 0.4) is 0 Å². The Bertz CT molecular complexity index is 1200. The van der Waals surface area contributed by atoms with Crippen LogP contribution in [0.25, 0.3) is 11.1 Å². The SMILES string of the molecule is COc1cc(-c2c(O)ccc3c2CCCC3)c(Cc2ccc(CCN(C)C(C)C)cc2)c(N)c1OC. The molecular weight excluding hydrogens is 448 g/mol. The fourth-order valence-corrected chi connectivity index (χ4v) is 5.18. The van der Waals surface area contributed by atoms with Crippen LogP contribution in [0.5, 0.6) is 17.2 Å². The van der Waals surface area contributed by atoms with Crippen LogP contribution in [-0.2, 0) is 25.7 Å². The Labute approximate surface area is 215 Å². The van der Waals surface area contributed by atoms with Crippen molar-refractivity contribution < 1.29 is 14.6 Å². The van der Waals surface area contributed by atoms with Gasteiger partial charge in [0.2, 0.25) is 0 Å². The standard InChI is InChI=1S/C31H40N2O3/c1-20(2)33(3)17-16-21-10-12-22(13-11-21)18-26-25(19-28(35-4)31(36-5)30(26)32)29-24-9-7-6-8-23(24)14-15-27(29)34/h10-15,19-20,34H,6-9,16-18,32H2,1-5H3. The molecule has 0 fully saturated rings. The average Bonchev–Trinajstić information content (AvgIpc) is 2.89. The molecule has 1 aliphatic rings. The second-order valence-electron chi connectivity index (χ2n) is 10.2. The van der Waals surface area contributed by atoms with E-state index in [1.807, 2.05) is 12.1 Å². The molecule has 5 nitrogen and oxygen atoms in total. The zero-order chi connectivity index (χ0) is 25.8. The molecule has 0 unspecified atom stereocenters. The normalized spacial score (nSPS) is 13.2. The molecule has 3 aromatic carbocycles. The molecule has 4 rings (SSSR count). The van der Waals surface area contributed by atoms with Crippen molar-refractivity contribution in [2.45, 2.75) is 58.4 Å². The second kappa shape index (κ2) is 11.3. The second-order valence-corrected chi connectivity index (χ2v) is 10.2. The van der Waals surface area contributed by atoms with Gasteiger partial charge in [0, 0.05) is 24.6 Å². The van der Waals surface area contributed by atoms with Crippen LogP contribution in [0.2, 0.25) is 0 Å². The number of anilines is 1. The van der Waals surface area contributed by atoms with Crippen LogP contribution < -0.4 is 15.2 Å². The largest absolute Gasteiger partial charge is 0.507 e. The fraction of sp³-hybridized carbons (Fsp3) is 0.419. The maximum Gasteiger partial charge on any atom is 0.184 e. The van der Waals surface area contributed by atoms with Crippen molar-refractivity contribution in [2.75, 3.05) is 33.5 Å². The van der Waals surface area contributed by atoms with Gasteiger partial charge in [-0.3, -0.25) is 0 Å². The molecule has 0 aromatic heterocycles. The van der Waals surface area contributed by atoms with Gasteiger partial charge in [-0.25, -0.2) is 0 Å². The molecule has 36 heavy (non-hydrogen) atoms. The van der Waals surface area contributed by atoms with E-state index in [0.717, 1.165) is 48.9 Å². The molecule has 0 bridgehead atoms. The maximum atomic E-state index is 11.1. The number of hydrogen-bond acceptors (Lipinski definition) is 5. The van der Waals surface area contributed by atoms with Crippen molar-refractivity contribution in [2.24, 2.45) is 0 Å². The molecule has 5 heteroatoms.